The molecule has 7 heteroatoms. The lowest BCUT2D eigenvalue weighted by Gasteiger charge is -2.32. The third-order valence-corrected chi connectivity index (χ3v) is 7.04. The molecule has 0 bridgehead atoms. The summed E-state index contributed by atoms with van der Waals surface area (Å²) in [6.07, 6.45) is 0.907. The Morgan fingerprint density at radius 1 is 1.25 bits per heavy atom. The number of rotatable bonds is 4. The van der Waals surface area contributed by atoms with Gasteiger partial charge < -0.3 is 10.2 Å². The zero-order valence-corrected chi connectivity index (χ0v) is 19.3. The molecule has 2 aromatic heterocycles. The first-order valence-electron chi connectivity index (χ1n) is 11.0. The van der Waals surface area contributed by atoms with E-state index >= 15 is 0 Å². The molecule has 0 radical (unpaired) electrons. The first kappa shape index (κ1) is 21.0. The van der Waals surface area contributed by atoms with Crippen LogP contribution >= 0.6 is 11.3 Å². The Balaban J connectivity index is 1.32. The quantitative estimate of drug-likeness (QED) is 0.474. The van der Waals surface area contributed by atoms with E-state index in [1.165, 1.54) is 29.2 Å². The summed E-state index contributed by atoms with van der Waals surface area (Å²) in [6, 6.07) is 8.99. The number of aromatic amines is 1. The number of hydrogen-bond donors (Lipinski definition) is 2. The second-order valence-corrected chi connectivity index (χ2v) is 9.50. The van der Waals surface area contributed by atoms with Crippen LogP contribution in [0.2, 0.25) is 0 Å². The highest BCUT2D eigenvalue weighted by atomic mass is 32.1. The van der Waals surface area contributed by atoms with Crippen molar-refractivity contribution in [3.63, 3.8) is 0 Å². The number of hydrogen-bond acceptors (Lipinski definition) is 5. The van der Waals surface area contributed by atoms with Crippen LogP contribution in [0.1, 0.15) is 28.5 Å². The summed E-state index contributed by atoms with van der Waals surface area (Å²) in [5, 5.41) is 12.8. The van der Waals surface area contributed by atoms with Gasteiger partial charge in [-0.1, -0.05) is 24.0 Å². The Labute approximate surface area is 192 Å². The summed E-state index contributed by atoms with van der Waals surface area (Å²) in [7, 11) is 2.19. The number of thiophene rings is 1. The SMILES string of the molecule is CC(=O)NCC#Cc1cc(-c2n[nH]c3c2Cc2ccc(CN4CCN(C)CC4)cc2-3)cs1. The van der Waals surface area contributed by atoms with Gasteiger partial charge in [0.15, 0.2) is 0 Å². The van der Waals surface area contributed by atoms with Crippen molar-refractivity contribution in [2.45, 2.75) is 19.9 Å². The van der Waals surface area contributed by atoms with Crippen LogP contribution in [0.15, 0.2) is 29.6 Å². The van der Waals surface area contributed by atoms with Gasteiger partial charge in [-0.2, -0.15) is 5.10 Å². The maximum Gasteiger partial charge on any atom is 0.217 e. The Kier molecular flexibility index (Phi) is 5.83. The molecule has 0 spiro atoms. The summed E-state index contributed by atoms with van der Waals surface area (Å²) in [6.45, 7) is 7.39. The van der Waals surface area contributed by atoms with Gasteiger partial charge >= 0.3 is 0 Å². The standard InChI is InChI=1S/C25H27N5OS/c1-17(31)26-7-3-4-21-13-20(16-32-21)24-23-14-19-6-5-18(12-22(19)25(23)28-27-24)15-30-10-8-29(2)9-11-30/h5-6,12-13,16H,7-11,14-15H2,1-2H3,(H,26,31)(H,27,28). The van der Waals surface area contributed by atoms with Crippen molar-refractivity contribution in [2.75, 3.05) is 39.8 Å². The first-order chi connectivity index (χ1) is 15.6. The lowest BCUT2D eigenvalue weighted by atomic mass is 10.0. The van der Waals surface area contributed by atoms with Gasteiger partial charge in [0.05, 0.1) is 22.8 Å². The fourth-order valence-electron chi connectivity index (χ4n) is 4.39. The average Bonchev–Trinajstić information content (AvgIpc) is 3.48. The van der Waals surface area contributed by atoms with Gasteiger partial charge in [0.2, 0.25) is 5.91 Å². The van der Waals surface area contributed by atoms with E-state index in [1.54, 1.807) is 11.3 Å². The van der Waals surface area contributed by atoms with Gasteiger partial charge in [-0.25, -0.2) is 0 Å². The van der Waals surface area contributed by atoms with Crippen molar-refractivity contribution in [3.8, 4) is 34.4 Å². The summed E-state index contributed by atoms with van der Waals surface area (Å²) in [5.74, 6) is 6.05. The van der Waals surface area contributed by atoms with Crippen molar-refractivity contribution in [1.82, 2.24) is 25.3 Å². The van der Waals surface area contributed by atoms with Gasteiger partial charge in [0, 0.05) is 68.1 Å². The van der Waals surface area contributed by atoms with Crippen molar-refractivity contribution in [3.05, 3.63) is 51.2 Å². The number of fused-ring (bicyclic) bond motifs is 3. The highest BCUT2D eigenvalue weighted by Gasteiger charge is 2.26. The molecule has 1 aromatic carbocycles. The monoisotopic (exact) mass is 445 g/mol. The van der Waals surface area contributed by atoms with Crippen LogP contribution in [-0.4, -0.2) is 65.7 Å². The molecule has 3 aromatic rings. The largest absolute Gasteiger partial charge is 0.345 e. The number of H-pyrrole nitrogens is 1. The molecule has 0 unspecified atom stereocenters. The highest BCUT2D eigenvalue weighted by molar-refractivity contribution is 7.11. The van der Waals surface area contributed by atoms with E-state index in [2.05, 4.69) is 73.8 Å². The molecule has 2 N–H and O–H groups in total. The maximum absolute atomic E-state index is 11.0. The molecule has 1 saturated heterocycles. The predicted molar refractivity (Wildman–Crippen MR) is 128 cm³/mol. The van der Waals surface area contributed by atoms with Crippen LogP contribution in [0.3, 0.4) is 0 Å². The molecule has 5 rings (SSSR count). The summed E-state index contributed by atoms with van der Waals surface area (Å²) in [4.78, 5) is 16.9. The molecular weight excluding hydrogens is 418 g/mol. The smallest absolute Gasteiger partial charge is 0.217 e. The second kappa shape index (κ2) is 8.91. The fraction of sp³-hybridized carbons (Fsp3) is 0.360. The first-order valence-corrected chi connectivity index (χ1v) is 11.9. The molecule has 3 heterocycles. The third-order valence-electron chi connectivity index (χ3n) is 6.19. The zero-order chi connectivity index (χ0) is 22.1. The van der Waals surface area contributed by atoms with Gasteiger partial charge in [-0.3, -0.25) is 14.8 Å². The number of carbonyl (C=O) groups is 1. The van der Waals surface area contributed by atoms with Crippen molar-refractivity contribution in [1.29, 1.82) is 0 Å². The lowest BCUT2D eigenvalue weighted by Crippen LogP contribution is -2.43. The Morgan fingerprint density at radius 3 is 2.91 bits per heavy atom. The highest BCUT2D eigenvalue weighted by Crippen LogP contribution is 2.41. The number of benzene rings is 1. The molecular formula is C25H27N5OS. The minimum absolute atomic E-state index is 0.0653. The van der Waals surface area contributed by atoms with Crippen LogP contribution in [0.25, 0.3) is 22.5 Å². The average molecular weight is 446 g/mol. The normalized spacial score (nSPS) is 15.7. The number of carbonyl (C=O) groups excluding carboxylic acids is 1. The number of aromatic nitrogens is 2. The maximum atomic E-state index is 11.0. The van der Waals surface area contributed by atoms with Crippen molar-refractivity contribution < 1.29 is 4.79 Å². The van der Waals surface area contributed by atoms with Crippen molar-refractivity contribution in [2.24, 2.45) is 0 Å². The van der Waals surface area contributed by atoms with E-state index < -0.39 is 0 Å². The van der Waals surface area contributed by atoms with Crippen LogP contribution in [0.4, 0.5) is 0 Å². The van der Waals surface area contributed by atoms with Gasteiger partial charge in [-0.15, -0.1) is 11.3 Å². The number of nitrogens with one attached hydrogen (secondary N) is 2. The fourth-order valence-corrected chi connectivity index (χ4v) is 5.15. The molecule has 1 aliphatic heterocycles. The molecule has 0 saturated carbocycles. The Morgan fingerprint density at radius 2 is 2.09 bits per heavy atom. The topological polar surface area (TPSA) is 64.3 Å². The molecule has 1 fully saturated rings. The lowest BCUT2D eigenvalue weighted by molar-refractivity contribution is -0.118. The van der Waals surface area contributed by atoms with Crippen LogP contribution in [-0.2, 0) is 17.8 Å². The number of likely N-dealkylation sites (N-methyl/N-ethyl adjacent to an activating group) is 1. The second-order valence-electron chi connectivity index (χ2n) is 8.58. The van der Waals surface area contributed by atoms with E-state index in [0.717, 1.165) is 61.0 Å². The van der Waals surface area contributed by atoms with Gasteiger partial charge in [0.1, 0.15) is 0 Å². The van der Waals surface area contributed by atoms with Gasteiger partial charge in [-0.05, 0) is 30.3 Å². The zero-order valence-electron chi connectivity index (χ0n) is 18.5. The molecule has 2 aliphatic rings. The Hall–Kier alpha value is -2.92. The summed E-state index contributed by atoms with van der Waals surface area (Å²) < 4.78 is 0. The van der Waals surface area contributed by atoms with E-state index in [0.29, 0.717) is 6.54 Å². The van der Waals surface area contributed by atoms with Crippen LogP contribution < -0.4 is 5.32 Å². The summed E-state index contributed by atoms with van der Waals surface area (Å²) >= 11 is 1.61. The third kappa shape index (κ3) is 4.35. The minimum Gasteiger partial charge on any atom is -0.345 e. The van der Waals surface area contributed by atoms with E-state index in [4.69, 9.17) is 0 Å². The van der Waals surface area contributed by atoms with Gasteiger partial charge in [0.25, 0.3) is 0 Å². The van der Waals surface area contributed by atoms with E-state index in [9.17, 15) is 4.79 Å². The number of nitrogens with zero attached hydrogens (tertiary/aromatic N) is 3. The number of piperazine rings is 1. The van der Waals surface area contributed by atoms with Crippen LogP contribution in [0, 0.1) is 11.8 Å². The molecule has 1 aliphatic carbocycles. The molecule has 164 valence electrons. The minimum atomic E-state index is -0.0653. The molecule has 6 nitrogen and oxygen atoms in total. The van der Waals surface area contributed by atoms with Crippen molar-refractivity contribution >= 4 is 17.2 Å². The molecule has 0 atom stereocenters. The van der Waals surface area contributed by atoms with Crippen LogP contribution in [0.5, 0.6) is 0 Å². The number of amides is 1. The predicted octanol–water partition coefficient (Wildman–Crippen LogP) is 2.94. The molecule has 32 heavy (non-hydrogen) atoms. The molecule has 1 amide bonds. The van der Waals surface area contributed by atoms with E-state index in [-0.39, 0.29) is 5.91 Å². The van der Waals surface area contributed by atoms with E-state index in [1.807, 2.05) is 0 Å². The Bertz CT molecular complexity index is 1210. The summed E-state index contributed by atoms with van der Waals surface area (Å²) in [5.41, 5.74) is 8.56.